The van der Waals surface area contributed by atoms with Gasteiger partial charge in [0.15, 0.2) is 0 Å². The van der Waals surface area contributed by atoms with Crippen molar-refractivity contribution in [1.29, 1.82) is 0 Å². The van der Waals surface area contributed by atoms with Crippen molar-refractivity contribution in [2.45, 2.75) is 9.79 Å². The van der Waals surface area contributed by atoms with E-state index in [1.165, 1.54) is 31.5 Å². The van der Waals surface area contributed by atoms with Crippen LogP contribution in [0.2, 0.25) is 0 Å². The summed E-state index contributed by atoms with van der Waals surface area (Å²) in [6.45, 7) is 0. The largest absolute Gasteiger partial charge is 0.495 e. The first-order valence-corrected chi connectivity index (χ1v) is 7.33. The van der Waals surface area contributed by atoms with Gasteiger partial charge in [-0.15, -0.1) is 0 Å². The highest BCUT2D eigenvalue weighted by atomic mass is 79.9. The van der Waals surface area contributed by atoms with E-state index in [-0.39, 0.29) is 9.79 Å². The van der Waals surface area contributed by atoms with Gasteiger partial charge in [0.2, 0.25) is 9.84 Å². The Morgan fingerprint density at radius 1 is 1.22 bits per heavy atom. The molecule has 0 unspecified atom stereocenters. The number of aromatic nitrogens is 1. The number of methoxy groups -OCH3 is 1. The van der Waals surface area contributed by atoms with Crippen LogP contribution < -0.4 is 4.74 Å². The summed E-state index contributed by atoms with van der Waals surface area (Å²) >= 11 is 3.16. The maximum absolute atomic E-state index is 12.4. The summed E-state index contributed by atoms with van der Waals surface area (Å²) < 4.78 is 30.4. The minimum absolute atomic E-state index is 0.144. The Balaban J connectivity index is 2.62. The Kier molecular flexibility index (Phi) is 3.68. The van der Waals surface area contributed by atoms with Gasteiger partial charge < -0.3 is 4.74 Å². The Hall–Kier alpha value is -1.40. The molecule has 0 saturated carbocycles. The molecule has 4 nitrogen and oxygen atoms in total. The van der Waals surface area contributed by atoms with Gasteiger partial charge in [-0.05, 0) is 40.2 Å². The fourth-order valence-electron chi connectivity index (χ4n) is 1.52. The Morgan fingerprint density at radius 2 is 1.94 bits per heavy atom. The highest BCUT2D eigenvalue weighted by Gasteiger charge is 2.21. The molecular weight excluding hydrogens is 318 g/mol. The first-order chi connectivity index (χ1) is 8.55. The normalized spacial score (nSPS) is 11.2. The quantitative estimate of drug-likeness (QED) is 0.813. The summed E-state index contributed by atoms with van der Waals surface area (Å²) in [5.41, 5.74) is 0. The first kappa shape index (κ1) is 13.0. The lowest BCUT2D eigenvalue weighted by molar-refractivity contribution is 0.402. The van der Waals surface area contributed by atoms with E-state index in [1.807, 2.05) is 0 Å². The van der Waals surface area contributed by atoms with Crippen molar-refractivity contribution >= 4 is 25.8 Å². The average Bonchev–Trinajstić information content (AvgIpc) is 2.38. The zero-order valence-corrected chi connectivity index (χ0v) is 11.9. The summed E-state index contributed by atoms with van der Waals surface area (Å²) in [7, 11) is -2.16. The lowest BCUT2D eigenvalue weighted by Crippen LogP contribution is -2.04. The molecule has 0 bridgehead atoms. The second kappa shape index (κ2) is 5.07. The average molecular weight is 328 g/mol. The van der Waals surface area contributed by atoms with E-state index in [4.69, 9.17) is 4.74 Å². The predicted molar refractivity (Wildman–Crippen MR) is 70.4 cm³/mol. The van der Waals surface area contributed by atoms with Gasteiger partial charge in [-0.25, -0.2) is 13.4 Å². The van der Waals surface area contributed by atoms with Gasteiger partial charge in [-0.3, -0.25) is 0 Å². The molecule has 1 aromatic carbocycles. The predicted octanol–water partition coefficient (Wildman–Crippen LogP) is 2.69. The van der Waals surface area contributed by atoms with E-state index >= 15 is 0 Å². The highest BCUT2D eigenvalue weighted by Crippen LogP contribution is 2.29. The molecule has 0 spiro atoms. The molecule has 0 fully saturated rings. The van der Waals surface area contributed by atoms with E-state index < -0.39 is 9.84 Å². The van der Waals surface area contributed by atoms with Crippen molar-refractivity contribution in [1.82, 2.24) is 4.98 Å². The van der Waals surface area contributed by atoms with Crippen molar-refractivity contribution in [3.8, 4) is 5.75 Å². The maximum Gasteiger partial charge on any atom is 0.210 e. The monoisotopic (exact) mass is 327 g/mol. The van der Waals surface area contributed by atoms with Crippen molar-refractivity contribution in [3.63, 3.8) is 0 Å². The smallest absolute Gasteiger partial charge is 0.210 e. The third kappa shape index (κ3) is 2.39. The van der Waals surface area contributed by atoms with E-state index in [9.17, 15) is 8.42 Å². The molecular formula is C12H10BrNO3S. The number of ether oxygens (including phenoxy) is 1. The van der Waals surface area contributed by atoms with Gasteiger partial charge in [0, 0.05) is 6.20 Å². The van der Waals surface area contributed by atoms with Crippen molar-refractivity contribution < 1.29 is 13.2 Å². The Bertz CT molecular complexity index is 671. The minimum atomic E-state index is -3.60. The molecule has 2 rings (SSSR count). The minimum Gasteiger partial charge on any atom is -0.495 e. The highest BCUT2D eigenvalue weighted by molar-refractivity contribution is 9.10. The molecule has 0 amide bonds. The number of sulfone groups is 1. The van der Waals surface area contributed by atoms with Crippen LogP contribution >= 0.6 is 15.9 Å². The molecule has 0 N–H and O–H groups in total. The molecule has 18 heavy (non-hydrogen) atoms. The van der Waals surface area contributed by atoms with Gasteiger partial charge >= 0.3 is 0 Å². The zero-order valence-electron chi connectivity index (χ0n) is 9.50. The van der Waals surface area contributed by atoms with Crippen molar-refractivity contribution in [2.75, 3.05) is 7.11 Å². The van der Waals surface area contributed by atoms with Gasteiger partial charge in [-0.2, -0.15) is 0 Å². The van der Waals surface area contributed by atoms with Crippen LogP contribution in [-0.2, 0) is 9.84 Å². The fourth-order valence-corrected chi connectivity index (χ4v) is 3.47. The Labute approximate surface area is 114 Å². The van der Waals surface area contributed by atoms with E-state index in [0.717, 1.165) is 0 Å². The number of pyridine rings is 1. The van der Waals surface area contributed by atoms with Crippen molar-refractivity contribution in [2.24, 2.45) is 0 Å². The summed E-state index contributed by atoms with van der Waals surface area (Å²) in [5, 5.41) is 0. The summed E-state index contributed by atoms with van der Waals surface area (Å²) in [6, 6.07) is 9.42. The van der Waals surface area contributed by atoms with E-state index in [1.54, 1.807) is 18.2 Å². The summed E-state index contributed by atoms with van der Waals surface area (Å²) in [5.74, 6) is 0.324. The zero-order chi connectivity index (χ0) is 13.2. The second-order valence-electron chi connectivity index (χ2n) is 3.47. The number of hydrogen-bond donors (Lipinski definition) is 0. The standard InChI is InChI=1S/C12H10BrNO3S/c1-17-10-4-2-3-5-11(10)18(15,16)9-6-7-14-12(13)8-9/h2-8H,1H3. The number of hydrogen-bond acceptors (Lipinski definition) is 4. The molecule has 0 atom stereocenters. The van der Waals surface area contributed by atoms with Crippen LogP contribution in [0.3, 0.4) is 0 Å². The molecule has 0 saturated heterocycles. The molecule has 0 radical (unpaired) electrons. The number of nitrogens with zero attached hydrogens (tertiary/aromatic N) is 1. The molecule has 6 heteroatoms. The van der Waals surface area contributed by atoms with Gasteiger partial charge in [-0.1, -0.05) is 12.1 Å². The van der Waals surface area contributed by atoms with E-state index in [0.29, 0.717) is 10.4 Å². The van der Waals surface area contributed by atoms with Crippen LogP contribution in [-0.4, -0.2) is 20.5 Å². The number of benzene rings is 1. The maximum atomic E-state index is 12.4. The summed E-state index contributed by atoms with van der Waals surface area (Å²) in [4.78, 5) is 4.23. The van der Waals surface area contributed by atoms with Crippen molar-refractivity contribution in [3.05, 3.63) is 47.2 Å². The molecule has 2 aromatic rings. The topological polar surface area (TPSA) is 56.3 Å². The van der Waals surface area contributed by atoms with E-state index in [2.05, 4.69) is 20.9 Å². The van der Waals surface area contributed by atoms with Gasteiger partial charge in [0.1, 0.15) is 15.2 Å². The molecule has 0 aliphatic heterocycles. The summed E-state index contributed by atoms with van der Waals surface area (Å²) in [6.07, 6.45) is 1.44. The van der Waals surface area contributed by atoms with Crippen LogP contribution in [0.1, 0.15) is 0 Å². The fraction of sp³-hybridized carbons (Fsp3) is 0.0833. The van der Waals surface area contributed by atoms with Gasteiger partial charge in [0.05, 0.1) is 12.0 Å². The lowest BCUT2D eigenvalue weighted by Gasteiger charge is -2.09. The number of halogens is 1. The molecule has 1 heterocycles. The molecule has 0 aliphatic rings. The third-order valence-electron chi connectivity index (χ3n) is 2.37. The molecule has 94 valence electrons. The van der Waals surface area contributed by atoms with Crippen LogP contribution in [0.4, 0.5) is 0 Å². The van der Waals surface area contributed by atoms with Crippen LogP contribution in [0.15, 0.2) is 57.0 Å². The number of rotatable bonds is 3. The Morgan fingerprint density at radius 3 is 2.61 bits per heavy atom. The van der Waals surface area contributed by atoms with Crippen LogP contribution in [0.5, 0.6) is 5.75 Å². The molecule has 1 aromatic heterocycles. The van der Waals surface area contributed by atoms with Crippen LogP contribution in [0.25, 0.3) is 0 Å². The number of para-hydroxylation sites is 1. The first-order valence-electron chi connectivity index (χ1n) is 5.05. The lowest BCUT2D eigenvalue weighted by atomic mass is 10.3. The molecule has 0 aliphatic carbocycles. The van der Waals surface area contributed by atoms with Gasteiger partial charge in [0.25, 0.3) is 0 Å². The third-order valence-corrected chi connectivity index (χ3v) is 4.59. The second-order valence-corrected chi connectivity index (χ2v) is 6.20. The SMILES string of the molecule is COc1ccccc1S(=O)(=O)c1ccnc(Br)c1. The van der Waals surface area contributed by atoms with Crippen LogP contribution in [0, 0.1) is 0 Å².